The number of aromatic nitrogens is 1. The number of anilines is 2. The molecule has 0 bridgehead atoms. The fraction of sp³-hybridized carbons (Fsp3) is 0.0870. The van der Waals surface area contributed by atoms with E-state index in [-0.39, 0.29) is 17.2 Å². The molecule has 1 aliphatic heterocycles. The molecule has 5 rings (SSSR count). The Balaban J connectivity index is 1.38. The summed E-state index contributed by atoms with van der Waals surface area (Å²) >= 11 is 0. The molecule has 0 unspecified atom stereocenters. The van der Waals surface area contributed by atoms with Gasteiger partial charge in [0.25, 0.3) is 0 Å². The topological polar surface area (TPSA) is 75.4 Å². The molecule has 0 spiro atoms. The van der Waals surface area contributed by atoms with Gasteiger partial charge in [0.2, 0.25) is 0 Å². The molecule has 2 amide bonds. The van der Waals surface area contributed by atoms with Gasteiger partial charge in [0, 0.05) is 28.4 Å². The molecule has 0 saturated carbocycles. The predicted octanol–water partition coefficient (Wildman–Crippen LogP) is 6.82. The van der Waals surface area contributed by atoms with Crippen molar-refractivity contribution in [2.45, 2.75) is 12.5 Å². The van der Waals surface area contributed by atoms with E-state index in [9.17, 15) is 26.7 Å². The van der Waals surface area contributed by atoms with Gasteiger partial charge in [0.15, 0.2) is 11.5 Å². The van der Waals surface area contributed by atoms with Crippen molar-refractivity contribution >= 4 is 28.3 Å². The van der Waals surface area contributed by atoms with E-state index in [1.54, 1.807) is 30.3 Å². The van der Waals surface area contributed by atoms with Crippen LogP contribution in [0.25, 0.3) is 22.0 Å². The van der Waals surface area contributed by atoms with Crippen molar-refractivity contribution in [3.8, 4) is 22.6 Å². The van der Waals surface area contributed by atoms with Crippen LogP contribution in [0.5, 0.6) is 11.5 Å². The molecule has 0 aliphatic carbocycles. The number of hydrogen-bond donors (Lipinski definition) is 3. The average Bonchev–Trinajstić information content (AvgIpc) is 3.31. The van der Waals surface area contributed by atoms with Crippen LogP contribution in [0.1, 0.15) is 5.56 Å². The standard InChI is InChI=1S/C23H14F5N3O3/c24-22(25,26)13-5-7-14(8-6-13)30-21(32)31-18-11-29-17-9-4-12(10-16(17)18)15-2-1-3-19-20(15)34-23(27,28)33-19/h1-11,29H,(H2,30,31,32). The number of ether oxygens (including phenoxy) is 2. The SMILES string of the molecule is O=C(Nc1ccc(C(F)(F)F)cc1)Nc1c[nH]c2ccc(-c3cccc4c3OC(F)(F)O4)cc12. The van der Waals surface area contributed by atoms with Crippen LogP contribution < -0.4 is 20.1 Å². The van der Waals surface area contributed by atoms with Crippen LogP contribution >= 0.6 is 0 Å². The molecule has 6 nitrogen and oxygen atoms in total. The lowest BCUT2D eigenvalue weighted by Gasteiger charge is -2.10. The summed E-state index contributed by atoms with van der Waals surface area (Å²) < 4.78 is 74.3. The number of para-hydroxylation sites is 1. The normalized spacial score (nSPS) is 14.3. The highest BCUT2D eigenvalue weighted by atomic mass is 19.4. The highest BCUT2D eigenvalue weighted by molar-refractivity contribution is 6.06. The van der Waals surface area contributed by atoms with Gasteiger partial charge in [-0.25, -0.2) is 4.79 Å². The molecule has 174 valence electrons. The maximum atomic E-state index is 13.5. The average molecular weight is 475 g/mol. The van der Waals surface area contributed by atoms with Crippen molar-refractivity contribution in [3.63, 3.8) is 0 Å². The minimum absolute atomic E-state index is 0.0917. The van der Waals surface area contributed by atoms with Crippen molar-refractivity contribution < 1.29 is 36.2 Å². The van der Waals surface area contributed by atoms with Crippen molar-refractivity contribution in [2.24, 2.45) is 0 Å². The Labute approximate surface area is 188 Å². The van der Waals surface area contributed by atoms with E-state index >= 15 is 0 Å². The van der Waals surface area contributed by atoms with Gasteiger partial charge < -0.3 is 25.1 Å². The number of fused-ring (bicyclic) bond motifs is 2. The van der Waals surface area contributed by atoms with Crippen LogP contribution in [0.2, 0.25) is 0 Å². The van der Waals surface area contributed by atoms with Gasteiger partial charge in [0.05, 0.1) is 11.3 Å². The quantitative estimate of drug-likeness (QED) is 0.285. The lowest BCUT2D eigenvalue weighted by molar-refractivity contribution is -0.286. The van der Waals surface area contributed by atoms with Crippen LogP contribution in [0.3, 0.4) is 0 Å². The van der Waals surface area contributed by atoms with Gasteiger partial charge in [-0.3, -0.25) is 0 Å². The van der Waals surface area contributed by atoms with E-state index in [2.05, 4.69) is 25.1 Å². The number of carbonyl (C=O) groups excluding carboxylic acids is 1. The monoisotopic (exact) mass is 475 g/mol. The fourth-order valence-corrected chi connectivity index (χ4v) is 3.62. The molecule has 3 N–H and O–H groups in total. The van der Waals surface area contributed by atoms with Gasteiger partial charge in [-0.15, -0.1) is 8.78 Å². The van der Waals surface area contributed by atoms with E-state index in [0.29, 0.717) is 27.7 Å². The molecule has 34 heavy (non-hydrogen) atoms. The summed E-state index contributed by atoms with van der Waals surface area (Å²) in [6.45, 7) is 0. The number of rotatable bonds is 3. The number of alkyl halides is 5. The van der Waals surface area contributed by atoms with E-state index in [1.165, 1.54) is 12.3 Å². The Morgan fingerprint density at radius 3 is 2.44 bits per heavy atom. The summed E-state index contributed by atoms with van der Waals surface area (Å²) in [7, 11) is 0. The van der Waals surface area contributed by atoms with Gasteiger partial charge >= 0.3 is 18.5 Å². The molecule has 0 saturated heterocycles. The number of halogens is 5. The predicted molar refractivity (Wildman–Crippen MR) is 114 cm³/mol. The Kier molecular flexibility index (Phi) is 4.85. The van der Waals surface area contributed by atoms with Crippen molar-refractivity contribution in [3.05, 3.63) is 72.4 Å². The number of hydrogen-bond acceptors (Lipinski definition) is 3. The van der Waals surface area contributed by atoms with Crippen LogP contribution in [0.4, 0.5) is 38.1 Å². The third-order valence-electron chi connectivity index (χ3n) is 5.14. The lowest BCUT2D eigenvalue weighted by Crippen LogP contribution is -2.26. The first-order chi connectivity index (χ1) is 16.1. The molecule has 3 aromatic carbocycles. The molecule has 2 heterocycles. The largest absolute Gasteiger partial charge is 0.586 e. The summed E-state index contributed by atoms with van der Waals surface area (Å²) in [6, 6.07) is 12.9. The summed E-state index contributed by atoms with van der Waals surface area (Å²) in [4.78, 5) is 15.4. The van der Waals surface area contributed by atoms with Gasteiger partial charge in [0.1, 0.15) is 0 Å². The molecular formula is C23H14F5N3O3. The summed E-state index contributed by atoms with van der Waals surface area (Å²) in [5.74, 6) is -0.192. The third-order valence-corrected chi connectivity index (χ3v) is 5.14. The van der Waals surface area contributed by atoms with Crippen LogP contribution in [0, 0.1) is 0 Å². The van der Waals surface area contributed by atoms with Gasteiger partial charge in [-0.1, -0.05) is 18.2 Å². The number of aromatic amines is 1. The zero-order valence-corrected chi connectivity index (χ0v) is 17.0. The molecular weight excluding hydrogens is 461 g/mol. The first-order valence-electron chi connectivity index (χ1n) is 9.85. The lowest BCUT2D eigenvalue weighted by atomic mass is 10.0. The second-order valence-electron chi connectivity index (χ2n) is 7.42. The highest BCUT2D eigenvalue weighted by Crippen LogP contribution is 2.47. The number of nitrogens with one attached hydrogen (secondary N) is 3. The zero-order valence-electron chi connectivity index (χ0n) is 17.0. The third kappa shape index (κ3) is 4.07. The van der Waals surface area contributed by atoms with E-state index < -0.39 is 24.1 Å². The van der Waals surface area contributed by atoms with Crippen molar-refractivity contribution in [1.82, 2.24) is 4.98 Å². The number of H-pyrrole nitrogens is 1. The smallest absolute Gasteiger partial charge is 0.395 e. The van der Waals surface area contributed by atoms with Crippen molar-refractivity contribution in [1.29, 1.82) is 0 Å². The molecule has 0 radical (unpaired) electrons. The Morgan fingerprint density at radius 1 is 0.941 bits per heavy atom. The van der Waals surface area contributed by atoms with Crippen LogP contribution in [-0.4, -0.2) is 17.3 Å². The van der Waals surface area contributed by atoms with Crippen LogP contribution in [-0.2, 0) is 6.18 Å². The number of amides is 2. The van der Waals surface area contributed by atoms with E-state index in [4.69, 9.17) is 0 Å². The summed E-state index contributed by atoms with van der Waals surface area (Å²) in [5, 5.41) is 5.66. The minimum atomic E-state index is -4.48. The van der Waals surface area contributed by atoms with E-state index in [0.717, 1.165) is 24.3 Å². The minimum Gasteiger partial charge on any atom is -0.395 e. The molecule has 0 fully saturated rings. The first-order valence-corrected chi connectivity index (χ1v) is 9.85. The molecule has 1 aromatic heterocycles. The fourth-order valence-electron chi connectivity index (χ4n) is 3.62. The number of carbonyl (C=O) groups is 1. The molecule has 11 heteroatoms. The zero-order chi connectivity index (χ0) is 24.1. The van der Waals surface area contributed by atoms with Crippen molar-refractivity contribution in [2.75, 3.05) is 10.6 Å². The molecule has 0 atom stereocenters. The van der Waals surface area contributed by atoms with Crippen LogP contribution in [0.15, 0.2) is 66.9 Å². The maximum absolute atomic E-state index is 13.5. The number of urea groups is 1. The van der Waals surface area contributed by atoms with E-state index in [1.807, 2.05) is 0 Å². The number of benzene rings is 3. The second kappa shape index (κ2) is 7.65. The highest BCUT2D eigenvalue weighted by Gasteiger charge is 2.44. The van der Waals surface area contributed by atoms with Gasteiger partial charge in [-0.2, -0.15) is 13.2 Å². The Morgan fingerprint density at radius 2 is 1.71 bits per heavy atom. The summed E-state index contributed by atoms with van der Waals surface area (Å²) in [5.41, 5.74) is 1.28. The summed E-state index contributed by atoms with van der Waals surface area (Å²) in [6.07, 6.45) is -6.71. The maximum Gasteiger partial charge on any atom is 0.586 e. The van der Waals surface area contributed by atoms with Gasteiger partial charge in [-0.05, 0) is 48.0 Å². The Bertz CT molecular complexity index is 1400. The first kappa shape index (κ1) is 21.6. The molecule has 1 aliphatic rings. The Hall–Kier alpha value is -4.28. The molecule has 4 aromatic rings. The second-order valence-corrected chi connectivity index (χ2v) is 7.42.